The van der Waals surface area contributed by atoms with Crippen molar-refractivity contribution in [2.75, 3.05) is 13.7 Å². The fourth-order valence-corrected chi connectivity index (χ4v) is 1.07. The molecule has 0 radical (unpaired) electrons. The monoisotopic (exact) mass is 179 g/mol. The number of methoxy groups -OCH3 is 1. The van der Waals surface area contributed by atoms with E-state index in [4.69, 9.17) is 4.74 Å². The van der Waals surface area contributed by atoms with Crippen molar-refractivity contribution in [2.45, 2.75) is 6.10 Å². The maximum atomic E-state index is 11.1. The molecule has 0 spiro atoms. The van der Waals surface area contributed by atoms with Gasteiger partial charge in [0, 0.05) is 0 Å². The van der Waals surface area contributed by atoms with E-state index in [1.165, 1.54) is 7.11 Å². The van der Waals surface area contributed by atoms with Crippen LogP contribution in [0.25, 0.3) is 0 Å². The molecule has 68 valence electrons. The van der Waals surface area contributed by atoms with Gasteiger partial charge in [-0.1, -0.05) is 6.07 Å². The van der Waals surface area contributed by atoms with Crippen LogP contribution in [0, 0.1) is 0 Å². The molecular weight excluding hydrogens is 170 g/mol. The highest BCUT2D eigenvalue weighted by molar-refractivity contribution is 5.87. The van der Waals surface area contributed by atoms with Crippen molar-refractivity contribution in [1.29, 1.82) is 0 Å². The van der Waals surface area contributed by atoms with Crippen LogP contribution in [-0.2, 0) is 9.47 Å². The van der Waals surface area contributed by atoms with Crippen LogP contribution in [0.4, 0.5) is 0 Å². The smallest absolute Gasteiger partial charge is 0.356 e. The van der Waals surface area contributed by atoms with E-state index in [9.17, 15) is 4.79 Å². The van der Waals surface area contributed by atoms with Gasteiger partial charge in [0.05, 0.1) is 19.4 Å². The molecule has 2 rings (SSSR count). The normalized spacial score (nSPS) is 19.6. The molecule has 1 aliphatic heterocycles. The molecule has 0 aliphatic carbocycles. The Bertz CT molecular complexity index is 333. The lowest BCUT2D eigenvalue weighted by molar-refractivity contribution is 0.0593. The lowest BCUT2D eigenvalue weighted by atomic mass is 10.2. The van der Waals surface area contributed by atoms with Crippen molar-refractivity contribution in [3.05, 3.63) is 29.6 Å². The first-order valence-corrected chi connectivity index (χ1v) is 3.98. The predicted octanol–water partition coefficient (Wildman–Crippen LogP) is 0.940. The highest BCUT2D eigenvalue weighted by Gasteiger charge is 2.26. The SMILES string of the molecule is COC(=O)c1cccc([C@H]2CO2)n1. The van der Waals surface area contributed by atoms with Crippen LogP contribution in [0.5, 0.6) is 0 Å². The van der Waals surface area contributed by atoms with Gasteiger partial charge in [0.25, 0.3) is 0 Å². The molecule has 1 fully saturated rings. The molecule has 0 saturated carbocycles. The summed E-state index contributed by atoms with van der Waals surface area (Å²) in [4.78, 5) is 15.2. The van der Waals surface area contributed by atoms with Crippen molar-refractivity contribution in [2.24, 2.45) is 0 Å². The second-order valence-corrected chi connectivity index (χ2v) is 2.76. The van der Waals surface area contributed by atoms with Gasteiger partial charge in [0.15, 0.2) is 0 Å². The van der Waals surface area contributed by atoms with Crippen LogP contribution in [0.1, 0.15) is 22.3 Å². The maximum Gasteiger partial charge on any atom is 0.356 e. The number of hydrogen-bond acceptors (Lipinski definition) is 4. The first kappa shape index (κ1) is 8.19. The molecule has 0 bridgehead atoms. The molecule has 4 nitrogen and oxygen atoms in total. The van der Waals surface area contributed by atoms with E-state index >= 15 is 0 Å². The number of carbonyl (C=O) groups is 1. The highest BCUT2D eigenvalue weighted by atomic mass is 16.6. The summed E-state index contributed by atoms with van der Waals surface area (Å²) < 4.78 is 9.60. The summed E-state index contributed by atoms with van der Waals surface area (Å²) in [6.07, 6.45) is 0.0737. The number of ether oxygens (including phenoxy) is 2. The summed E-state index contributed by atoms with van der Waals surface area (Å²) in [6.45, 7) is 0.692. The van der Waals surface area contributed by atoms with Gasteiger partial charge in [0.1, 0.15) is 11.8 Å². The summed E-state index contributed by atoms with van der Waals surface area (Å²) in [5, 5.41) is 0. The summed E-state index contributed by atoms with van der Waals surface area (Å²) in [7, 11) is 1.34. The van der Waals surface area contributed by atoms with Gasteiger partial charge in [-0.25, -0.2) is 9.78 Å². The van der Waals surface area contributed by atoms with Gasteiger partial charge < -0.3 is 9.47 Å². The van der Waals surface area contributed by atoms with Gasteiger partial charge in [-0.15, -0.1) is 0 Å². The van der Waals surface area contributed by atoms with Crippen molar-refractivity contribution in [3.8, 4) is 0 Å². The minimum atomic E-state index is -0.414. The van der Waals surface area contributed by atoms with Crippen molar-refractivity contribution in [3.63, 3.8) is 0 Å². The molecule has 0 aromatic carbocycles. The summed E-state index contributed by atoms with van der Waals surface area (Å²) >= 11 is 0. The number of rotatable bonds is 2. The van der Waals surface area contributed by atoms with Gasteiger partial charge in [-0.2, -0.15) is 0 Å². The Labute approximate surface area is 75.5 Å². The van der Waals surface area contributed by atoms with E-state index in [1.807, 2.05) is 6.07 Å². The fraction of sp³-hybridized carbons (Fsp3) is 0.333. The van der Waals surface area contributed by atoms with Gasteiger partial charge in [0.2, 0.25) is 0 Å². The number of esters is 1. The topological polar surface area (TPSA) is 51.7 Å². The Morgan fingerprint density at radius 3 is 3.08 bits per heavy atom. The van der Waals surface area contributed by atoms with E-state index in [0.29, 0.717) is 12.3 Å². The van der Waals surface area contributed by atoms with Crippen LogP contribution in [0.15, 0.2) is 18.2 Å². The van der Waals surface area contributed by atoms with E-state index in [2.05, 4.69) is 9.72 Å². The molecule has 1 aromatic heterocycles. The average Bonchev–Trinajstić information content (AvgIpc) is 3.00. The Morgan fingerprint density at radius 2 is 2.46 bits per heavy atom. The van der Waals surface area contributed by atoms with E-state index in [1.54, 1.807) is 12.1 Å². The van der Waals surface area contributed by atoms with Gasteiger partial charge in [-0.3, -0.25) is 0 Å². The predicted molar refractivity (Wildman–Crippen MR) is 44.3 cm³/mol. The lowest BCUT2D eigenvalue weighted by Crippen LogP contribution is -2.05. The second-order valence-electron chi connectivity index (χ2n) is 2.76. The van der Waals surface area contributed by atoms with E-state index in [0.717, 1.165) is 5.69 Å². The van der Waals surface area contributed by atoms with Crippen molar-refractivity contribution < 1.29 is 14.3 Å². The van der Waals surface area contributed by atoms with Gasteiger partial charge in [-0.05, 0) is 12.1 Å². The van der Waals surface area contributed by atoms with Crippen LogP contribution in [0.3, 0.4) is 0 Å². The molecule has 4 heteroatoms. The molecule has 1 aliphatic rings. The van der Waals surface area contributed by atoms with Crippen molar-refractivity contribution in [1.82, 2.24) is 4.98 Å². The van der Waals surface area contributed by atoms with E-state index in [-0.39, 0.29) is 6.10 Å². The van der Waals surface area contributed by atoms with Crippen LogP contribution >= 0.6 is 0 Å². The standard InChI is InChI=1S/C9H9NO3/c1-12-9(11)7-4-2-3-6(10-7)8-5-13-8/h2-4,8H,5H2,1H3/t8-/m1/s1. The van der Waals surface area contributed by atoms with Crippen molar-refractivity contribution >= 4 is 5.97 Å². The maximum absolute atomic E-state index is 11.1. The summed E-state index contributed by atoms with van der Waals surface area (Å²) in [5.74, 6) is -0.414. The second kappa shape index (κ2) is 3.14. The third-order valence-electron chi connectivity index (χ3n) is 1.83. The Morgan fingerprint density at radius 1 is 1.69 bits per heavy atom. The largest absolute Gasteiger partial charge is 0.464 e. The lowest BCUT2D eigenvalue weighted by Gasteiger charge is -1.99. The third kappa shape index (κ3) is 1.67. The quantitative estimate of drug-likeness (QED) is 0.500. The molecule has 0 N–H and O–H groups in total. The zero-order valence-electron chi connectivity index (χ0n) is 7.19. The highest BCUT2D eigenvalue weighted by Crippen LogP contribution is 2.27. The first-order valence-electron chi connectivity index (χ1n) is 3.98. The Balaban J connectivity index is 2.26. The molecule has 13 heavy (non-hydrogen) atoms. The third-order valence-corrected chi connectivity index (χ3v) is 1.83. The zero-order chi connectivity index (χ0) is 9.26. The van der Waals surface area contributed by atoms with Gasteiger partial charge >= 0.3 is 5.97 Å². The first-order chi connectivity index (χ1) is 6.31. The number of hydrogen-bond donors (Lipinski definition) is 0. The number of epoxide rings is 1. The average molecular weight is 179 g/mol. The van der Waals surface area contributed by atoms with E-state index < -0.39 is 5.97 Å². The molecule has 1 saturated heterocycles. The molecule has 2 heterocycles. The number of carbonyl (C=O) groups excluding carboxylic acids is 1. The summed E-state index contributed by atoms with van der Waals surface area (Å²) in [5.41, 5.74) is 1.12. The number of nitrogens with zero attached hydrogens (tertiary/aromatic N) is 1. The van der Waals surface area contributed by atoms with Crippen LogP contribution in [-0.4, -0.2) is 24.7 Å². The zero-order valence-corrected chi connectivity index (χ0v) is 7.19. The Hall–Kier alpha value is -1.42. The molecule has 0 amide bonds. The molecular formula is C9H9NO3. The minimum absolute atomic E-state index is 0.0737. The minimum Gasteiger partial charge on any atom is -0.464 e. The fourth-order valence-electron chi connectivity index (χ4n) is 1.07. The number of aromatic nitrogens is 1. The number of pyridine rings is 1. The van der Waals surface area contributed by atoms with Crippen LogP contribution in [0.2, 0.25) is 0 Å². The Kier molecular flexibility index (Phi) is 1.98. The molecule has 1 aromatic rings. The molecule has 0 unspecified atom stereocenters. The van der Waals surface area contributed by atoms with Crippen LogP contribution < -0.4 is 0 Å². The molecule has 1 atom stereocenters. The summed E-state index contributed by atoms with van der Waals surface area (Å²) in [6, 6.07) is 5.23.